The maximum Gasteiger partial charge on any atom is 0.317 e. The first-order valence-electron chi connectivity index (χ1n) is 5.24. The second kappa shape index (κ2) is 4.61. The molecule has 0 bridgehead atoms. The quantitative estimate of drug-likeness (QED) is 0.644. The smallest absolute Gasteiger partial charge is 0.317 e. The van der Waals surface area contributed by atoms with Crippen LogP contribution in [0, 0.1) is 5.41 Å². The molecule has 1 atom stereocenters. The van der Waals surface area contributed by atoms with Crippen molar-refractivity contribution in [2.75, 3.05) is 19.7 Å². The normalized spacial score (nSPS) is 28.5. The van der Waals surface area contributed by atoms with Crippen molar-refractivity contribution in [2.24, 2.45) is 5.41 Å². The first kappa shape index (κ1) is 10.5. The van der Waals surface area contributed by atoms with E-state index in [0.29, 0.717) is 6.61 Å². The zero-order valence-electron chi connectivity index (χ0n) is 8.64. The van der Waals surface area contributed by atoms with Crippen molar-refractivity contribution in [1.82, 2.24) is 0 Å². The Morgan fingerprint density at radius 2 is 2.31 bits per heavy atom. The van der Waals surface area contributed by atoms with Gasteiger partial charge in [0.05, 0.1) is 19.7 Å². The number of nitrogens with two attached hydrogens (primary N) is 1. The molecule has 2 N–H and O–H groups in total. The van der Waals surface area contributed by atoms with Gasteiger partial charge in [-0.1, -0.05) is 6.92 Å². The number of ether oxygens (including phenoxy) is 1. The Bertz CT molecular complexity index is 174. The lowest BCUT2D eigenvalue weighted by Gasteiger charge is -2.31. The lowest BCUT2D eigenvalue weighted by Crippen LogP contribution is -2.89. The molecule has 13 heavy (non-hydrogen) atoms. The van der Waals surface area contributed by atoms with Crippen molar-refractivity contribution in [2.45, 2.75) is 33.1 Å². The summed E-state index contributed by atoms with van der Waals surface area (Å²) in [6.45, 7) is 6.51. The summed E-state index contributed by atoms with van der Waals surface area (Å²) in [5, 5.41) is 2.23. The highest BCUT2D eigenvalue weighted by atomic mass is 16.5. The predicted octanol–water partition coefficient (Wildman–Crippen LogP) is 0.303. The van der Waals surface area contributed by atoms with E-state index < -0.39 is 0 Å². The molecule has 76 valence electrons. The van der Waals surface area contributed by atoms with Crippen LogP contribution in [0.2, 0.25) is 0 Å². The summed E-state index contributed by atoms with van der Waals surface area (Å²) in [6, 6.07) is 0. The molecule has 1 heterocycles. The SMILES string of the molecule is CCOC(=O)C1(CC)CCC[NH2+]C1. The highest BCUT2D eigenvalue weighted by Crippen LogP contribution is 2.29. The third-order valence-corrected chi connectivity index (χ3v) is 2.98. The minimum absolute atomic E-state index is 0.00782. The number of carbonyl (C=O) groups is 1. The summed E-state index contributed by atoms with van der Waals surface area (Å²) in [5.74, 6) is 0.00782. The first-order chi connectivity index (χ1) is 6.25. The molecule has 0 aromatic heterocycles. The fourth-order valence-corrected chi connectivity index (χ4v) is 2.00. The van der Waals surface area contributed by atoms with Gasteiger partial charge in [-0.25, -0.2) is 0 Å². The monoisotopic (exact) mass is 186 g/mol. The van der Waals surface area contributed by atoms with Crippen molar-refractivity contribution < 1.29 is 14.8 Å². The maximum absolute atomic E-state index is 11.7. The van der Waals surface area contributed by atoms with E-state index in [1.165, 1.54) is 0 Å². The van der Waals surface area contributed by atoms with Crippen LogP contribution in [0.15, 0.2) is 0 Å². The summed E-state index contributed by atoms with van der Waals surface area (Å²) >= 11 is 0. The summed E-state index contributed by atoms with van der Waals surface area (Å²) in [7, 11) is 0. The number of esters is 1. The lowest BCUT2D eigenvalue weighted by molar-refractivity contribution is -0.673. The number of quaternary nitrogens is 1. The van der Waals surface area contributed by atoms with Gasteiger partial charge in [0.1, 0.15) is 5.41 Å². The second-order valence-electron chi connectivity index (χ2n) is 3.74. The highest BCUT2D eigenvalue weighted by molar-refractivity contribution is 5.76. The van der Waals surface area contributed by atoms with Crippen molar-refractivity contribution in [3.63, 3.8) is 0 Å². The van der Waals surface area contributed by atoms with E-state index in [-0.39, 0.29) is 11.4 Å². The molecular weight excluding hydrogens is 166 g/mol. The zero-order chi connectivity index (χ0) is 9.73. The Labute approximate surface area is 79.8 Å². The van der Waals surface area contributed by atoms with Gasteiger partial charge in [-0.2, -0.15) is 0 Å². The van der Waals surface area contributed by atoms with Crippen LogP contribution in [0.1, 0.15) is 33.1 Å². The van der Waals surface area contributed by atoms with Crippen LogP contribution in [-0.4, -0.2) is 25.7 Å². The van der Waals surface area contributed by atoms with E-state index in [9.17, 15) is 4.79 Å². The Morgan fingerprint density at radius 3 is 2.77 bits per heavy atom. The number of carbonyl (C=O) groups excluding carboxylic acids is 1. The predicted molar refractivity (Wildman–Crippen MR) is 50.3 cm³/mol. The Kier molecular flexibility index (Phi) is 3.72. The molecule has 0 spiro atoms. The molecule has 0 aromatic rings. The number of rotatable bonds is 3. The largest absolute Gasteiger partial charge is 0.465 e. The molecule has 1 aliphatic heterocycles. The van der Waals surface area contributed by atoms with Crippen molar-refractivity contribution in [3.8, 4) is 0 Å². The van der Waals surface area contributed by atoms with Crippen LogP contribution in [0.3, 0.4) is 0 Å². The van der Waals surface area contributed by atoms with Gasteiger partial charge in [0.2, 0.25) is 0 Å². The molecule has 0 aromatic carbocycles. The van der Waals surface area contributed by atoms with Crippen LogP contribution in [0.5, 0.6) is 0 Å². The summed E-state index contributed by atoms with van der Waals surface area (Å²) in [5.41, 5.74) is -0.186. The minimum Gasteiger partial charge on any atom is -0.465 e. The standard InChI is InChI=1S/C10H19NO2/c1-3-10(9(12)13-4-2)6-5-7-11-8-10/h11H,3-8H2,1-2H3/p+1. The highest BCUT2D eigenvalue weighted by Gasteiger charge is 2.41. The maximum atomic E-state index is 11.7. The van der Waals surface area contributed by atoms with E-state index in [4.69, 9.17) is 4.74 Å². The second-order valence-corrected chi connectivity index (χ2v) is 3.74. The van der Waals surface area contributed by atoms with Gasteiger partial charge in [0.15, 0.2) is 0 Å². The molecule has 0 radical (unpaired) electrons. The van der Waals surface area contributed by atoms with Crippen LogP contribution < -0.4 is 5.32 Å². The summed E-state index contributed by atoms with van der Waals surface area (Å²) in [6.07, 6.45) is 3.04. The minimum atomic E-state index is -0.186. The molecule has 1 fully saturated rings. The van der Waals surface area contributed by atoms with Gasteiger partial charge in [0, 0.05) is 0 Å². The van der Waals surface area contributed by atoms with Gasteiger partial charge < -0.3 is 10.1 Å². The van der Waals surface area contributed by atoms with E-state index in [2.05, 4.69) is 12.2 Å². The Balaban J connectivity index is 2.61. The number of hydrogen-bond acceptors (Lipinski definition) is 2. The van der Waals surface area contributed by atoms with Gasteiger partial charge in [-0.15, -0.1) is 0 Å². The Hall–Kier alpha value is -0.570. The number of piperidine rings is 1. The molecule has 1 saturated heterocycles. The Morgan fingerprint density at radius 1 is 1.54 bits per heavy atom. The number of hydrogen-bond donors (Lipinski definition) is 1. The topological polar surface area (TPSA) is 42.9 Å². The molecule has 0 amide bonds. The molecule has 3 heteroatoms. The molecule has 3 nitrogen and oxygen atoms in total. The van der Waals surface area contributed by atoms with E-state index in [1.807, 2.05) is 6.92 Å². The average Bonchev–Trinajstić information content (AvgIpc) is 2.19. The molecule has 0 saturated carbocycles. The van der Waals surface area contributed by atoms with E-state index >= 15 is 0 Å². The first-order valence-corrected chi connectivity index (χ1v) is 5.24. The van der Waals surface area contributed by atoms with Gasteiger partial charge in [-0.05, 0) is 26.2 Å². The summed E-state index contributed by atoms with van der Waals surface area (Å²) in [4.78, 5) is 11.7. The van der Waals surface area contributed by atoms with E-state index in [0.717, 1.165) is 32.4 Å². The zero-order valence-corrected chi connectivity index (χ0v) is 8.64. The molecule has 1 rings (SSSR count). The lowest BCUT2D eigenvalue weighted by atomic mass is 9.78. The van der Waals surface area contributed by atoms with Crippen LogP contribution in [0.4, 0.5) is 0 Å². The van der Waals surface area contributed by atoms with Crippen molar-refractivity contribution in [1.29, 1.82) is 0 Å². The average molecular weight is 186 g/mol. The van der Waals surface area contributed by atoms with Crippen LogP contribution in [-0.2, 0) is 9.53 Å². The van der Waals surface area contributed by atoms with Gasteiger partial charge in [0.25, 0.3) is 0 Å². The molecule has 1 aliphatic rings. The summed E-state index contributed by atoms with van der Waals surface area (Å²) < 4.78 is 5.12. The fourth-order valence-electron chi connectivity index (χ4n) is 2.00. The van der Waals surface area contributed by atoms with Crippen LogP contribution in [0.25, 0.3) is 0 Å². The third-order valence-electron chi connectivity index (χ3n) is 2.98. The molecule has 0 aliphatic carbocycles. The van der Waals surface area contributed by atoms with Gasteiger partial charge >= 0.3 is 5.97 Å². The fraction of sp³-hybridized carbons (Fsp3) is 0.900. The van der Waals surface area contributed by atoms with Crippen LogP contribution >= 0.6 is 0 Å². The van der Waals surface area contributed by atoms with Crippen molar-refractivity contribution in [3.05, 3.63) is 0 Å². The third kappa shape index (κ3) is 2.21. The van der Waals surface area contributed by atoms with Crippen molar-refractivity contribution >= 4 is 5.97 Å². The van der Waals surface area contributed by atoms with E-state index in [1.54, 1.807) is 0 Å². The molecule has 1 unspecified atom stereocenters. The molecular formula is C10H20NO2+. The van der Waals surface area contributed by atoms with Gasteiger partial charge in [-0.3, -0.25) is 4.79 Å².